The van der Waals surface area contributed by atoms with Crippen molar-refractivity contribution in [3.63, 3.8) is 0 Å². The van der Waals surface area contributed by atoms with Crippen LogP contribution in [0, 0.1) is 0 Å². The lowest BCUT2D eigenvalue weighted by Gasteiger charge is -2.08. The molecule has 4 nitrogen and oxygen atoms in total. The Balaban J connectivity index is 2.11. The standard InChI is InChI=1S/C13H13BrN2O2S2/c1-2-9-15-10-3-5-11(6-4-10)16-20(17,18)13-8-7-12(14)19-13/h2-8,15-16H,1,9H2. The van der Waals surface area contributed by atoms with Gasteiger partial charge in [0, 0.05) is 17.9 Å². The SMILES string of the molecule is C=CCNc1ccc(NS(=O)(=O)c2ccc(Br)s2)cc1. The summed E-state index contributed by atoms with van der Waals surface area (Å²) in [5.74, 6) is 0. The van der Waals surface area contributed by atoms with Crippen molar-refractivity contribution < 1.29 is 8.42 Å². The van der Waals surface area contributed by atoms with Crippen LogP contribution < -0.4 is 10.0 Å². The highest BCUT2D eigenvalue weighted by Crippen LogP contribution is 2.27. The lowest BCUT2D eigenvalue weighted by Crippen LogP contribution is -2.11. The van der Waals surface area contributed by atoms with Gasteiger partial charge >= 0.3 is 0 Å². The van der Waals surface area contributed by atoms with Gasteiger partial charge in [0.2, 0.25) is 0 Å². The Bertz CT molecular complexity index is 693. The quantitative estimate of drug-likeness (QED) is 0.755. The molecule has 0 radical (unpaired) electrons. The van der Waals surface area contributed by atoms with Crippen LogP contribution in [-0.4, -0.2) is 15.0 Å². The van der Waals surface area contributed by atoms with Crippen molar-refractivity contribution in [1.82, 2.24) is 0 Å². The fraction of sp³-hybridized carbons (Fsp3) is 0.0769. The molecule has 106 valence electrons. The molecular weight excluding hydrogens is 360 g/mol. The Labute approximate surface area is 130 Å². The highest BCUT2D eigenvalue weighted by molar-refractivity contribution is 9.11. The Morgan fingerprint density at radius 1 is 1.15 bits per heavy atom. The number of benzene rings is 1. The van der Waals surface area contributed by atoms with E-state index >= 15 is 0 Å². The van der Waals surface area contributed by atoms with Crippen molar-refractivity contribution in [3.8, 4) is 0 Å². The van der Waals surface area contributed by atoms with E-state index in [1.54, 1.807) is 30.3 Å². The van der Waals surface area contributed by atoms with E-state index in [0.29, 0.717) is 12.2 Å². The van der Waals surface area contributed by atoms with Crippen LogP contribution in [0.15, 0.2) is 57.0 Å². The number of sulfonamides is 1. The summed E-state index contributed by atoms with van der Waals surface area (Å²) in [6.45, 7) is 4.28. The van der Waals surface area contributed by atoms with Crippen LogP contribution in [0.2, 0.25) is 0 Å². The maximum absolute atomic E-state index is 12.1. The monoisotopic (exact) mass is 372 g/mol. The van der Waals surface area contributed by atoms with Crippen molar-refractivity contribution in [3.05, 3.63) is 52.8 Å². The molecule has 1 aromatic carbocycles. The van der Waals surface area contributed by atoms with Gasteiger partial charge in [-0.1, -0.05) is 6.08 Å². The van der Waals surface area contributed by atoms with Gasteiger partial charge in [-0.2, -0.15) is 0 Å². The second-order valence-corrected chi connectivity index (χ2v) is 8.28. The first-order valence-corrected chi connectivity index (χ1v) is 8.83. The van der Waals surface area contributed by atoms with Gasteiger partial charge in [-0.25, -0.2) is 8.42 Å². The van der Waals surface area contributed by atoms with Gasteiger partial charge in [-0.15, -0.1) is 17.9 Å². The van der Waals surface area contributed by atoms with Crippen LogP contribution in [-0.2, 0) is 10.0 Å². The average Bonchev–Trinajstić information content (AvgIpc) is 2.85. The minimum Gasteiger partial charge on any atom is -0.382 e. The summed E-state index contributed by atoms with van der Waals surface area (Å²) in [5.41, 5.74) is 1.44. The molecule has 2 aromatic rings. The molecule has 0 aliphatic rings. The van der Waals surface area contributed by atoms with Crippen LogP contribution in [0.1, 0.15) is 0 Å². The first kappa shape index (κ1) is 15.1. The molecule has 0 saturated heterocycles. The molecule has 0 aliphatic carbocycles. The number of rotatable bonds is 6. The summed E-state index contributed by atoms with van der Waals surface area (Å²) < 4.78 is 27.8. The molecule has 0 aliphatic heterocycles. The number of hydrogen-bond donors (Lipinski definition) is 2. The molecule has 0 bridgehead atoms. The molecular formula is C13H13BrN2O2S2. The van der Waals surface area contributed by atoms with E-state index in [9.17, 15) is 8.42 Å². The Kier molecular flexibility index (Phi) is 4.85. The van der Waals surface area contributed by atoms with Gasteiger partial charge in [-0.05, 0) is 52.3 Å². The zero-order chi connectivity index (χ0) is 14.6. The minimum absolute atomic E-state index is 0.276. The lowest BCUT2D eigenvalue weighted by atomic mass is 10.3. The van der Waals surface area contributed by atoms with E-state index < -0.39 is 10.0 Å². The van der Waals surface area contributed by atoms with Crippen LogP contribution in [0.25, 0.3) is 0 Å². The maximum atomic E-state index is 12.1. The molecule has 1 heterocycles. The van der Waals surface area contributed by atoms with Crippen molar-refractivity contribution in [2.24, 2.45) is 0 Å². The van der Waals surface area contributed by atoms with Crippen molar-refractivity contribution >= 4 is 48.7 Å². The van der Waals surface area contributed by atoms with Gasteiger partial charge in [-0.3, -0.25) is 4.72 Å². The highest BCUT2D eigenvalue weighted by Gasteiger charge is 2.16. The van der Waals surface area contributed by atoms with Crippen LogP contribution >= 0.6 is 27.3 Å². The third kappa shape index (κ3) is 3.84. The molecule has 2 N–H and O–H groups in total. The van der Waals surface area contributed by atoms with E-state index in [1.807, 2.05) is 12.1 Å². The molecule has 0 unspecified atom stereocenters. The third-order valence-electron chi connectivity index (χ3n) is 2.40. The summed E-state index contributed by atoms with van der Waals surface area (Å²) in [4.78, 5) is 0. The topological polar surface area (TPSA) is 58.2 Å². The number of hydrogen-bond acceptors (Lipinski definition) is 4. The van der Waals surface area contributed by atoms with Crippen LogP contribution in [0.4, 0.5) is 11.4 Å². The summed E-state index contributed by atoms with van der Waals surface area (Å²) in [6, 6.07) is 10.3. The van der Waals surface area contributed by atoms with Crippen LogP contribution in [0.3, 0.4) is 0 Å². The van der Waals surface area contributed by atoms with Gasteiger partial charge in [0.1, 0.15) is 4.21 Å². The van der Waals surface area contributed by atoms with E-state index in [2.05, 4.69) is 32.5 Å². The van der Waals surface area contributed by atoms with Crippen molar-refractivity contribution in [2.75, 3.05) is 16.6 Å². The molecule has 0 fully saturated rings. The summed E-state index contributed by atoms with van der Waals surface area (Å²) in [6.07, 6.45) is 1.76. The largest absolute Gasteiger partial charge is 0.382 e. The summed E-state index contributed by atoms with van der Waals surface area (Å²) >= 11 is 4.42. The molecule has 2 rings (SSSR count). The highest BCUT2D eigenvalue weighted by atomic mass is 79.9. The molecule has 0 amide bonds. The predicted octanol–water partition coefficient (Wildman–Crippen LogP) is 3.91. The fourth-order valence-corrected chi connectivity index (χ4v) is 4.56. The minimum atomic E-state index is -3.52. The van der Waals surface area contributed by atoms with Gasteiger partial charge < -0.3 is 5.32 Å². The van der Waals surface area contributed by atoms with E-state index in [4.69, 9.17) is 0 Å². The molecule has 20 heavy (non-hydrogen) atoms. The number of nitrogens with one attached hydrogen (secondary N) is 2. The average molecular weight is 373 g/mol. The first-order valence-electron chi connectivity index (χ1n) is 5.74. The second-order valence-electron chi connectivity index (χ2n) is 3.91. The third-order valence-corrected chi connectivity index (χ3v) is 5.90. The molecule has 1 aromatic heterocycles. The maximum Gasteiger partial charge on any atom is 0.271 e. The van der Waals surface area contributed by atoms with Gasteiger partial charge in [0.25, 0.3) is 10.0 Å². The fourth-order valence-electron chi connectivity index (χ4n) is 1.49. The zero-order valence-corrected chi connectivity index (χ0v) is 13.7. The smallest absolute Gasteiger partial charge is 0.271 e. The molecule has 0 saturated carbocycles. The summed E-state index contributed by atoms with van der Waals surface area (Å²) in [5, 5.41) is 3.12. The summed E-state index contributed by atoms with van der Waals surface area (Å²) in [7, 11) is -3.52. The van der Waals surface area contributed by atoms with Crippen LogP contribution in [0.5, 0.6) is 0 Å². The first-order chi connectivity index (χ1) is 9.51. The van der Waals surface area contributed by atoms with E-state index in [0.717, 1.165) is 9.47 Å². The Morgan fingerprint density at radius 3 is 2.35 bits per heavy atom. The molecule has 0 spiro atoms. The van der Waals surface area contributed by atoms with Crippen molar-refractivity contribution in [1.29, 1.82) is 0 Å². The van der Waals surface area contributed by atoms with Crippen molar-refractivity contribution in [2.45, 2.75) is 4.21 Å². The normalized spacial score (nSPS) is 11.1. The number of halogens is 1. The molecule has 7 heteroatoms. The lowest BCUT2D eigenvalue weighted by molar-refractivity contribution is 0.603. The van der Waals surface area contributed by atoms with E-state index in [-0.39, 0.29) is 4.21 Å². The zero-order valence-electron chi connectivity index (χ0n) is 10.5. The van der Waals surface area contributed by atoms with E-state index in [1.165, 1.54) is 11.3 Å². The number of thiophene rings is 1. The van der Waals surface area contributed by atoms with Gasteiger partial charge in [0.15, 0.2) is 0 Å². The second kappa shape index (κ2) is 6.43. The Hall–Kier alpha value is -1.31. The van der Waals surface area contributed by atoms with Gasteiger partial charge in [0.05, 0.1) is 3.79 Å². The molecule has 0 atom stereocenters. The predicted molar refractivity (Wildman–Crippen MR) is 88.0 cm³/mol. The Morgan fingerprint density at radius 2 is 1.80 bits per heavy atom. The number of anilines is 2.